The van der Waals surface area contributed by atoms with E-state index < -0.39 is 5.97 Å². The lowest BCUT2D eigenvalue weighted by atomic mass is 10.5. The highest BCUT2D eigenvalue weighted by atomic mass is 16.4. The molecule has 80 valence electrons. The molecule has 14 heavy (non-hydrogen) atoms. The van der Waals surface area contributed by atoms with E-state index in [9.17, 15) is 9.59 Å². The second kappa shape index (κ2) is 6.84. The van der Waals surface area contributed by atoms with E-state index in [2.05, 4.69) is 15.6 Å². The van der Waals surface area contributed by atoms with E-state index in [1.165, 1.54) is 0 Å². The Morgan fingerprint density at radius 1 is 1.43 bits per heavy atom. The van der Waals surface area contributed by atoms with E-state index in [0.717, 1.165) is 0 Å². The van der Waals surface area contributed by atoms with Gasteiger partial charge in [-0.2, -0.15) is 0 Å². The van der Waals surface area contributed by atoms with Crippen molar-refractivity contribution in [2.75, 3.05) is 26.7 Å². The zero-order chi connectivity index (χ0) is 11.0. The minimum absolute atomic E-state index is 0.0633. The van der Waals surface area contributed by atoms with E-state index in [0.29, 0.717) is 0 Å². The first kappa shape index (κ1) is 12.4. The van der Waals surface area contributed by atoms with Crippen molar-refractivity contribution >= 4 is 17.7 Å². The van der Waals surface area contributed by atoms with Crippen LogP contribution in [-0.4, -0.2) is 49.5 Å². The minimum Gasteiger partial charge on any atom is -0.480 e. The van der Waals surface area contributed by atoms with Crippen LogP contribution in [0, 0.1) is 0 Å². The van der Waals surface area contributed by atoms with Crippen molar-refractivity contribution in [3.8, 4) is 0 Å². The van der Waals surface area contributed by atoms with Crippen LogP contribution in [0.5, 0.6) is 0 Å². The standard InChI is InChI=1S/C7H14N4O3/c1-9-3-6(12)11-2-5(8)10-4-7(13)14/h9H,2-4H2,1H3,(H2,8,10)(H,11,12)(H,13,14). The molecule has 0 rings (SSSR count). The maximum Gasteiger partial charge on any atom is 0.325 e. The van der Waals surface area contributed by atoms with Crippen molar-refractivity contribution in [1.29, 1.82) is 0 Å². The number of carbonyl (C=O) groups excluding carboxylic acids is 1. The highest BCUT2D eigenvalue weighted by Gasteiger charge is 2.00. The van der Waals surface area contributed by atoms with Crippen molar-refractivity contribution in [1.82, 2.24) is 10.6 Å². The summed E-state index contributed by atoms with van der Waals surface area (Å²) in [5.74, 6) is -1.19. The lowest BCUT2D eigenvalue weighted by Crippen LogP contribution is -2.38. The number of amides is 1. The largest absolute Gasteiger partial charge is 0.480 e. The fourth-order valence-electron chi connectivity index (χ4n) is 0.637. The summed E-state index contributed by atoms with van der Waals surface area (Å²) in [6.45, 7) is -0.131. The molecule has 0 aliphatic heterocycles. The Labute approximate surface area is 81.4 Å². The fraction of sp³-hybridized carbons (Fsp3) is 0.571. The van der Waals surface area contributed by atoms with E-state index in [1.54, 1.807) is 7.05 Å². The number of rotatable bonds is 6. The number of aliphatic imine (C=N–C) groups is 1. The summed E-state index contributed by atoms with van der Waals surface area (Å²) >= 11 is 0. The SMILES string of the molecule is CNCC(=O)NCC(N)=NCC(=O)O. The number of nitrogens with two attached hydrogens (primary N) is 1. The molecule has 0 aromatic carbocycles. The molecule has 0 saturated heterocycles. The summed E-state index contributed by atoms with van der Waals surface area (Å²) < 4.78 is 0. The van der Waals surface area contributed by atoms with Gasteiger partial charge in [0.15, 0.2) is 0 Å². The van der Waals surface area contributed by atoms with Gasteiger partial charge in [-0.05, 0) is 7.05 Å². The third-order valence-corrected chi connectivity index (χ3v) is 1.22. The molecule has 0 bridgehead atoms. The Morgan fingerprint density at radius 2 is 2.07 bits per heavy atom. The molecule has 7 nitrogen and oxygen atoms in total. The Bertz CT molecular complexity index is 239. The monoisotopic (exact) mass is 202 g/mol. The van der Waals surface area contributed by atoms with Crippen LogP contribution in [0.15, 0.2) is 4.99 Å². The van der Waals surface area contributed by atoms with E-state index in [-0.39, 0.29) is 31.4 Å². The van der Waals surface area contributed by atoms with Gasteiger partial charge in [0.05, 0.1) is 13.1 Å². The first-order valence-corrected chi connectivity index (χ1v) is 3.98. The molecule has 0 atom stereocenters. The van der Waals surface area contributed by atoms with Crippen LogP contribution in [-0.2, 0) is 9.59 Å². The predicted molar refractivity (Wildman–Crippen MR) is 51.1 cm³/mol. The highest BCUT2D eigenvalue weighted by Crippen LogP contribution is 1.72. The molecule has 0 aromatic rings. The van der Waals surface area contributed by atoms with Gasteiger partial charge >= 0.3 is 5.97 Å². The number of nitrogens with one attached hydrogen (secondary N) is 2. The van der Waals surface area contributed by atoms with Crippen molar-refractivity contribution in [3.05, 3.63) is 0 Å². The second-order valence-electron chi connectivity index (χ2n) is 2.51. The molecule has 7 heteroatoms. The molecule has 0 unspecified atom stereocenters. The molecule has 0 saturated carbocycles. The number of likely N-dealkylation sites (N-methyl/N-ethyl adjacent to an activating group) is 1. The van der Waals surface area contributed by atoms with Crippen LogP contribution in [0.1, 0.15) is 0 Å². The molecule has 0 fully saturated rings. The van der Waals surface area contributed by atoms with Crippen LogP contribution in [0.4, 0.5) is 0 Å². The summed E-state index contributed by atoms with van der Waals surface area (Å²) in [4.78, 5) is 24.5. The lowest BCUT2D eigenvalue weighted by Gasteiger charge is -2.03. The average Bonchev–Trinajstić information content (AvgIpc) is 2.12. The van der Waals surface area contributed by atoms with Crippen LogP contribution in [0.2, 0.25) is 0 Å². The summed E-state index contributed by atoms with van der Waals surface area (Å²) in [7, 11) is 1.64. The smallest absolute Gasteiger partial charge is 0.325 e. The van der Waals surface area contributed by atoms with Crippen LogP contribution >= 0.6 is 0 Å². The molecule has 0 aliphatic rings. The number of aliphatic carboxylic acids is 1. The van der Waals surface area contributed by atoms with Crippen LogP contribution in [0.25, 0.3) is 0 Å². The topological polar surface area (TPSA) is 117 Å². The molecular formula is C7H14N4O3. The molecule has 0 aromatic heterocycles. The summed E-state index contributed by atoms with van der Waals surface area (Å²) in [6.07, 6.45) is 0. The first-order valence-electron chi connectivity index (χ1n) is 3.98. The average molecular weight is 202 g/mol. The maximum atomic E-state index is 10.9. The molecule has 5 N–H and O–H groups in total. The number of amidine groups is 1. The van der Waals surface area contributed by atoms with Gasteiger partial charge in [0.2, 0.25) is 5.91 Å². The molecular weight excluding hydrogens is 188 g/mol. The highest BCUT2D eigenvalue weighted by molar-refractivity contribution is 5.88. The number of carboxylic acid groups (broad SMARTS) is 1. The number of hydrogen-bond acceptors (Lipinski definition) is 4. The summed E-state index contributed by atoms with van der Waals surface area (Å²) in [6, 6.07) is 0. The van der Waals surface area contributed by atoms with E-state index in [4.69, 9.17) is 10.8 Å². The fourth-order valence-corrected chi connectivity index (χ4v) is 0.637. The Hall–Kier alpha value is -1.63. The zero-order valence-corrected chi connectivity index (χ0v) is 7.91. The summed E-state index contributed by atoms with van der Waals surface area (Å²) in [5.41, 5.74) is 5.32. The third kappa shape index (κ3) is 7.04. The molecule has 0 heterocycles. The predicted octanol–water partition coefficient (Wildman–Crippen LogP) is -2.24. The Balaban J connectivity index is 3.72. The van der Waals surface area contributed by atoms with Gasteiger partial charge < -0.3 is 21.5 Å². The normalized spacial score (nSPS) is 11.1. The molecule has 0 spiro atoms. The molecule has 0 radical (unpaired) electrons. The maximum absolute atomic E-state index is 10.9. The van der Waals surface area contributed by atoms with Gasteiger partial charge in [0.1, 0.15) is 12.4 Å². The lowest BCUT2D eigenvalue weighted by molar-refractivity contribution is -0.135. The quantitative estimate of drug-likeness (QED) is 0.287. The van der Waals surface area contributed by atoms with Gasteiger partial charge in [-0.1, -0.05) is 0 Å². The van der Waals surface area contributed by atoms with E-state index in [1.807, 2.05) is 0 Å². The van der Waals surface area contributed by atoms with Crippen LogP contribution < -0.4 is 16.4 Å². The van der Waals surface area contributed by atoms with Gasteiger partial charge in [0, 0.05) is 0 Å². The van der Waals surface area contributed by atoms with Crippen molar-refractivity contribution < 1.29 is 14.7 Å². The Morgan fingerprint density at radius 3 is 2.57 bits per heavy atom. The second-order valence-corrected chi connectivity index (χ2v) is 2.51. The van der Waals surface area contributed by atoms with Gasteiger partial charge in [-0.15, -0.1) is 0 Å². The number of carboxylic acids is 1. The third-order valence-electron chi connectivity index (χ3n) is 1.22. The number of hydrogen-bond donors (Lipinski definition) is 4. The van der Waals surface area contributed by atoms with Crippen molar-refractivity contribution in [3.63, 3.8) is 0 Å². The summed E-state index contributed by atoms with van der Waals surface area (Å²) in [5, 5.41) is 13.4. The molecule has 0 aliphatic carbocycles. The van der Waals surface area contributed by atoms with Gasteiger partial charge in [-0.25, -0.2) is 0 Å². The zero-order valence-electron chi connectivity index (χ0n) is 7.91. The van der Waals surface area contributed by atoms with Gasteiger partial charge in [-0.3, -0.25) is 14.6 Å². The molecule has 1 amide bonds. The van der Waals surface area contributed by atoms with Gasteiger partial charge in [0.25, 0.3) is 0 Å². The van der Waals surface area contributed by atoms with Crippen LogP contribution in [0.3, 0.4) is 0 Å². The minimum atomic E-state index is -1.06. The first-order chi connectivity index (χ1) is 6.56. The number of carbonyl (C=O) groups is 2. The van der Waals surface area contributed by atoms with E-state index >= 15 is 0 Å². The van der Waals surface area contributed by atoms with Crippen molar-refractivity contribution in [2.45, 2.75) is 0 Å². The number of nitrogens with zero attached hydrogens (tertiary/aromatic N) is 1. The Kier molecular flexibility index (Phi) is 6.04. The van der Waals surface area contributed by atoms with Crippen molar-refractivity contribution in [2.24, 2.45) is 10.7 Å².